The number of amides is 1. The Balaban J connectivity index is 1.39. The van der Waals surface area contributed by atoms with Crippen molar-refractivity contribution in [3.05, 3.63) is 126 Å². The van der Waals surface area contributed by atoms with E-state index in [-0.39, 0.29) is 5.57 Å². The van der Waals surface area contributed by atoms with E-state index in [9.17, 15) is 10.1 Å². The molecular formula is C30H22I2N2O3. The lowest BCUT2D eigenvalue weighted by Crippen LogP contribution is -2.13. The molecule has 0 heterocycles. The van der Waals surface area contributed by atoms with Crippen molar-refractivity contribution >= 4 is 62.9 Å². The van der Waals surface area contributed by atoms with Crippen LogP contribution in [0.5, 0.6) is 11.5 Å². The van der Waals surface area contributed by atoms with Crippen LogP contribution in [0.3, 0.4) is 0 Å². The zero-order valence-corrected chi connectivity index (χ0v) is 24.0. The van der Waals surface area contributed by atoms with Gasteiger partial charge in [-0.15, -0.1) is 0 Å². The maximum atomic E-state index is 12.8. The molecule has 0 unspecified atom stereocenters. The lowest BCUT2D eigenvalue weighted by Gasteiger charge is -2.12. The molecule has 0 aliphatic rings. The summed E-state index contributed by atoms with van der Waals surface area (Å²) in [6.07, 6.45) is 1.58. The van der Waals surface area contributed by atoms with Crippen molar-refractivity contribution in [1.29, 1.82) is 5.26 Å². The number of nitrogens with zero attached hydrogens (tertiary/aromatic N) is 1. The maximum Gasteiger partial charge on any atom is 0.266 e. The van der Waals surface area contributed by atoms with Gasteiger partial charge in [0, 0.05) is 5.69 Å². The van der Waals surface area contributed by atoms with Crippen molar-refractivity contribution in [2.75, 3.05) is 5.32 Å². The number of hydrogen-bond donors (Lipinski definition) is 1. The Hall–Kier alpha value is -3.36. The number of anilines is 1. The van der Waals surface area contributed by atoms with Crippen molar-refractivity contribution in [3.63, 3.8) is 0 Å². The minimum absolute atomic E-state index is 0.00829. The molecule has 0 atom stereocenters. The third kappa shape index (κ3) is 7.81. The van der Waals surface area contributed by atoms with Crippen LogP contribution in [0.1, 0.15) is 16.7 Å². The fourth-order valence-electron chi connectivity index (χ4n) is 3.42. The summed E-state index contributed by atoms with van der Waals surface area (Å²) in [5, 5.41) is 12.4. The number of ether oxygens (including phenoxy) is 2. The van der Waals surface area contributed by atoms with Crippen LogP contribution in [0.2, 0.25) is 0 Å². The molecule has 0 saturated heterocycles. The van der Waals surface area contributed by atoms with Gasteiger partial charge in [-0.25, -0.2) is 0 Å². The van der Waals surface area contributed by atoms with Gasteiger partial charge < -0.3 is 14.8 Å². The first-order valence-electron chi connectivity index (χ1n) is 11.4. The van der Waals surface area contributed by atoms with Gasteiger partial charge in [-0.1, -0.05) is 60.7 Å². The number of rotatable bonds is 9. The third-order valence-electron chi connectivity index (χ3n) is 5.28. The Morgan fingerprint density at radius 3 is 1.89 bits per heavy atom. The van der Waals surface area contributed by atoms with Crippen LogP contribution in [-0.4, -0.2) is 5.91 Å². The molecule has 5 nitrogen and oxygen atoms in total. The number of benzene rings is 4. The zero-order valence-electron chi connectivity index (χ0n) is 19.7. The molecule has 0 saturated carbocycles. The van der Waals surface area contributed by atoms with E-state index in [4.69, 9.17) is 9.47 Å². The van der Waals surface area contributed by atoms with Crippen LogP contribution in [-0.2, 0) is 18.0 Å². The molecule has 0 spiro atoms. The SMILES string of the molecule is N#C/C(=C\c1cc(I)c(OCc2ccccc2)c(I)c1)C(=O)Nc1ccc(OCc2ccccc2)cc1. The minimum atomic E-state index is -0.477. The van der Waals surface area contributed by atoms with E-state index in [1.165, 1.54) is 0 Å². The van der Waals surface area contributed by atoms with Crippen molar-refractivity contribution in [1.82, 2.24) is 0 Å². The summed E-state index contributed by atoms with van der Waals surface area (Å²) < 4.78 is 13.6. The minimum Gasteiger partial charge on any atom is -0.489 e. The van der Waals surface area contributed by atoms with Gasteiger partial charge in [-0.2, -0.15) is 5.26 Å². The van der Waals surface area contributed by atoms with Gasteiger partial charge in [0.2, 0.25) is 0 Å². The number of nitrogens with one attached hydrogen (secondary N) is 1. The van der Waals surface area contributed by atoms with E-state index >= 15 is 0 Å². The molecule has 7 heteroatoms. The number of carbonyl (C=O) groups is 1. The molecule has 37 heavy (non-hydrogen) atoms. The van der Waals surface area contributed by atoms with E-state index in [1.807, 2.05) is 78.9 Å². The van der Waals surface area contributed by atoms with E-state index in [1.54, 1.807) is 30.3 Å². The van der Waals surface area contributed by atoms with Crippen molar-refractivity contribution in [2.24, 2.45) is 0 Å². The van der Waals surface area contributed by atoms with Crippen LogP contribution < -0.4 is 14.8 Å². The zero-order chi connectivity index (χ0) is 26.0. The first kappa shape index (κ1) is 26.7. The molecule has 1 amide bonds. The van der Waals surface area contributed by atoms with Gasteiger partial charge in [0.25, 0.3) is 5.91 Å². The number of nitriles is 1. The molecule has 184 valence electrons. The molecule has 4 rings (SSSR count). The molecule has 0 radical (unpaired) electrons. The Labute approximate surface area is 243 Å². The smallest absolute Gasteiger partial charge is 0.266 e. The number of hydrogen-bond acceptors (Lipinski definition) is 4. The quantitative estimate of drug-likeness (QED) is 0.110. The largest absolute Gasteiger partial charge is 0.489 e. The van der Waals surface area contributed by atoms with Crippen LogP contribution in [0.15, 0.2) is 103 Å². The fraction of sp³-hybridized carbons (Fsp3) is 0.0667. The summed E-state index contributed by atoms with van der Waals surface area (Å²) >= 11 is 4.42. The second-order valence-electron chi connectivity index (χ2n) is 8.01. The standard InChI is InChI=1S/C30H22I2N2O3/c31-27-16-23(17-28(32)29(27)37-20-22-9-5-2-6-10-22)15-24(18-33)30(35)34-25-11-13-26(14-12-25)36-19-21-7-3-1-4-8-21/h1-17H,19-20H2,(H,34,35)/b24-15+. The van der Waals surface area contributed by atoms with Crippen molar-refractivity contribution in [3.8, 4) is 17.6 Å². The lowest BCUT2D eigenvalue weighted by atomic mass is 10.1. The summed E-state index contributed by atoms with van der Waals surface area (Å²) in [6, 6.07) is 32.7. The molecule has 0 aliphatic heterocycles. The Morgan fingerprint density at radius 2 is 1.35 bits per heavy atom. The molecule has 4 aromatic carbocycles. The molecule has 0 fully saturated rings. The topological polar surface area (TPSA) is 71.3 Å². The average molecular weight is 712 g/mol. The van der Waals surface area contributed by atoms with Crippen LogP contribution >= 0.6 is 45.2 Å². The maximum absolute atomic E-state index is 12.8. The molecule has 0 aliphatic carbocycles. The summed E-state index contributed by atoms with van der Waals surface area (Å²) in [6.45, 7) is 0.922. The Morgan fingerprint density at radius 1 is 0.811 bits per heavy atom. The van der Waals surface area contributed by atoms with Gasteiger partial charge in [0.1, 0.15) is 36.4 Å². The highest BCUT2D eigenvalue weighted by Crippen LogP contribution is 2.30. The summed E-state index contributed by atoms with van der Waals surface area (Å²) in [5.74, 6) is 0.992. The Bertz CT molecular complexity index is 1410. The summed E-state index contributed by atoms with van der Waals surface area (Å²) in [7, 11) is 0. The monoisotopic (exact) mass is 712 g/mol. The molecular weight excluding hydrogens is 690 g/mol. The second kappa shape index (κ2) is 13.3. The molecule has 0 bridgehead atoms. The summed E-state index contributed by atoms with van der Waals surface area (Å²) in [4.78, 5) is 12.8. The third-order valence-corrected chi connectivity index (χ3v) is 6.89. The van der Waals surface area contributed by atoms with Crippen molar-refractivity contribution < 1.29 is 14.3 Å². The Kier molecular flexibility index (Phi) is 9.57. The molecule has 0 aromatic heterocycles. The van der Waals surface area contributed by atoms with Crippen LogP contribution in [0.4, 0.5) is 5.69 Å². The first-order valence-corrected chi connectivity index (χ1v) is 13.5. The average Bonchev–Trinajstić information content (AvgIpc) is 2.92. The van der Waals surface area contributed by atoms with Gasteiger partial charge in [0.15, 0.2) is 0 Å². The van der Waals surface area contributed by atoms with Crippen molar-refractivity contribution in [2.45, 2.75) is 13.2 Å². The van der Waals surface area contributed by atoms with Crippen LogP contribution in [0.25, 0.3) is 6.08 Å². The molecule has 1 N–H and O–H groups in total. The van der Waals surface area contributed by atoms with Gasteiger partial charge >= 0.3 is 0 Å². The van der Waals surface area contributed by atoms with E-state index in [2.05, 4.69) is 50.5 Å². The fourth-order valence-corrected chi connectivity index (χ4v) is 5.55. The van der Waals surface area contributed by atoms with Crippen LogP contribution in [0, 0.1) is 18.5 Å². The summed E-state index contributed by atoms with van der Waals surface area (Å²) in [5.41, 5.74) is 3.49. The predicted octanol–water partition coefficient (Wildman–Crippen LogP) is 7.60. The predicted molar refractivity (Wildman–Crippen MR) is 162 cm³/mol. The highest BCUT2D eigenvalue weighted by Gasteiger charge is 2.13. The number of halogens is 2. The van der Waals surface area contributed by atoms with Gasteiger partial charge in [-0.3, -0.25) is 4.79 Å². The highest BCUT2D eigenvalue weighted by atomic mass is 127. The second-order valence-corrected chi connectivity index (χ2v) is 10.3. The first-order chi connectivity index (χ1) is 18.0. The lowest BCUT2D eigenvalue weighted by molar-refractivity contribution is -0.112. The normalized spacial score (nSPS) is 10.9. The number of carbonyl (C=O) groups excluding carboxylic acids is 1. The van der Waals surface area contributed by atoms with E-state index in [0.717, 1.165) is 29.6 Å². The van der Waals surface area contributed by atoms with Gasteiger partial charge in [-0.05, 0) is 104 Å². The van der Waals surface area contributed by atoms with Gasteiger partial charge in [0.05, 0.1) is 7.14 Å². The highest BCUT2D eigenvalue weighted by molar-refractivity contribution is 14.1. The molecule has 4 aromatic rings. The van der Waals surface area contributed by atoms with E-state index < -0.39 is 5.91 Å². The van der Waals surface area contributed by atoms with E-state index in [0.29, 0.717) is 24.7 Å².